The number of hydrogen-bond acceptors (Lipinski definition) is 4. The van der Waals surface area contributed by atoms with Crippen LogP contribution in [-0.4, -0.2) is 31.3 Å². The lowest BCUT2D eigenvalue weighted by molar-refractivity contribution is 0.0375. The first-order chi connectivity index (χ1) is 16.1. The number of nitrogens with one attached hydrogen (secondary N) is 2. The Bertz CT molecular complexity index is 1030. The Morgan fingerprint density at radius 1 is 0.970 bits per heavy atom. The molecule has 0 aromatic heterocycles. The summed E-state index contributed by atoms with van der Waals surface area (Å²) in [7, 11) is 0. The van der Waals surface area contributed by atoms with Gasteiger partial charge in [0.05, 0.1) is 6.54 Å². The molecule has 1 fully saturated rings. The lowest BCUT2D eigenvalue weighted by Crippen LogP contribution is -2.53. The molecule has 1 unspecified atom stereocenters. The van der Waals surface area contributed by atoms with Gasteiger partial charge in [0.15, 0.2) is 5.96 Å². The summed E-state index contributed by atoms with van der Waals surface area (Å²) in [5, 5.41) is 7.01. The van der Waals surface area contributed by atoms with Crippen molar-refractivity contribution in [3.8, 4) is 11.5 Å². The second-order valence-electron chi connectivity index (χ2n) is 8.44. The minimum absolute atomic E-state index is 0.155. The van der Waals surface area contributed by atoms with E-state index < -0.39 is 0 Å². The van der Waals surface area contributed by atoms with Gasteiger partial charge in [-0.3, -0.25) is 4.99 Å². The number of nitrogens with two attached hydrogens (primary N) is 1. The topological polar surface area (TPSA) is 80.9 Å². The highest BCUT2D eigenvalue weighted by atomic mass is 16.5. The Balaban J connectivity index is 1.41. The largest absolute Gasteiger partial charge is 0.457 e. The second kappa shape index (κ2) is 11.0. The van der Waals surface area contributed by atoms with Crippen molar-refractivity contribution in [2.24, 2.45) is 10.7 Å². The zero-order valence-electron chi connectivity index (χ0n) is 19.0. The first-order valence-corrected chi connectivity index (χ1v) is 11.4. The number of para-hydroxylation sites is 1. The van der Waals surface area contributed by atoms with Crippen LogP contribution in [0.5, 0.6) is 11.5 Å². The van der Waals surface area contributed by atoms with Gasteiger partial charge in [-0.2, -0.15) is 0 Å². The predicted octanol–water partition coefficient (Wildman–Crippen LogP) is 5.11. The van der Waals surface area contributed by atoms with Gasteiger partial charge < -0.3 is 25.8 Å². The molecule has 6 heteroatoms. The van der Waals surface area contributed by atoms with E-state index in [0.717, 1.165) is 43.2 Å². The highest BCUT2D eigenvalue weighted by Gasteiger charge is 2.33. The molecule has 0 spiro atoms. The van der Waals surface area contributed by atoms with E-state index in [2.05, 4.69) is 41.8 Å². The van der Waals surface area contributed by atoms with Gasteiger partial charge in [-0.05, 0) is 49.6 Å². The van der Waals surface area contributed by atoms with Crippen molar-refractivity contribution in [2.45, 2.75) is 31.3 Å². The minimum atomic E-state index is -0.155. The first kappa shape index (κ1) is 22.8. The van der Waals surface area contributed by atoms with Crippen molar-refractivity contribution in [3.63, 3.8) is 0 Å². The fourth-order valence-electron chi connectivity index (χ4n) is 4.08. The Kier molecular flexibility index (Phi) is 7.60. The third kappa shape index (κ3) is 6.57. The van der Waals surface area contributed by atoms with Crippen molar-refractivity contribution < 1.29 is 9.47 Å². The second-order valence-corrected chi connectivity index (χ2v) is 8.44. The Morgan fingerprint density at radius 2 is 1.64 bits per heavy atom. The number of anilines is 1. The van der Waals surface area contributed by atoms with Gasteiger partial charge in [0, 0.05) is 36.5 Å². The molecule has 6 nitrogen and oxygen atoms in total. The van der Waals surface area contributed by atoms with Crippen LogP contribution >= 0.6 is 0 Å². The molecular formula is C27H32N4O2. The van der Waals surface area contributed by atoms with Crippen LogP contribution in [-0.2, 0) is 4.74 Å². The van der Waals surface area contributed by atoms with Crippen molar-refractivity contribution >= 4 is 11.6 Å². The van der Waals surface area contributed by atoms with Gasteiger partial charge in [0.25, 0.3) is 0 Å². The van der Waals surface area contributed by atoms with Crippen LogP contribution in [0.25, 0.3) is 0 Å². The molecular weight excluding hydrogens is 412 g/mol. The maximum absolute atomic E-state index is 6.27. The van der Waals surface area contributed by atoms with Gasteiger partial charge in [-0.25, -0.2) is 0 Å². The first-order valence-electron chi connectivity index (χ1n) is 11.4. The number of rotatable bonds is 8. The molecule has 0 aliphatic carbocycles. The zero-order valence-corrected chi connectivity index (χ0v) is 19.0. The Labute approximate surface area is 195 Å². The normalized spacial score (nSPS) is 16.7. The molecule has 33 heavy (non-hydrogen) atoms. The van der Waals surface area contributed by atoms with Crippen LogP contribution in [0.4, 0.5) is 5.69 Å². The van der Waals surface area contributed by atoms with E-state index in [4.69, 9.17) is 20.2 Å². The molecule has 0 saturated carbocycles. The molecule has 0 bridgehead atoms. The number of benzene rings is 3. The van der Waals surface area contributed by atoms with Crippen LogP contribution in [0.3, 0.4) is 0 Å². The molecule has 3 aromatic carbocycles. The lowest BCUT2D eigenvalue weighted by atomic mass is 9.88. The van der Waals surface area contributed by atoms with Crippen LogP contribution < -0.4 is 21.1 Å². The van der Waals surface area contributed by atoms with E-state index in [1.54, 1.807) is 0 Å². The van der Waals surface area contributed by atoms with E-state index in [1.165, 1.54) is 5.56 Å². The number of nitrogens with zero attached hydrogens (tertiary/aromatic N) is 1. The summed E-state index contributed by atoms with van der Waals surface area (Å²) >= 11 is 0. The monoisotopic (exact) mass is 444 g/mol. The predicted molar refractivity (Wildman–Crippen MR) is 134 cm³/mol. The highest BCUT2D eigenvalue weighted by Crippen LogP contribution is 2.27. The quantitative estimate of drug-likeness (QED) is 0.332. The van der Waals surface area contributed by atoms with E-state index in [-0.39, 0.29) is 11.6 Å². The fraction of sp³-hybridized carbons (Fsp3) is 0.296. The summed E-state index contributed by atoms with van der Waals surface area (Å²) in [6.07, 6.45) is 1.78. The number of guanidine groups is 1. The number of aliphatic imine (C=N–C) groups is 1. The zero-order chi connectivity index (χ0) is 22.9. The maximum Gasteiger partial charge on any atom is 0.193 e. The number of ether oxygens (including phenoxy) is 2. The van der Waals surface area contributed by atoms with Crippen molar-refractivity contribution in [1.82, 2.24) is 5.32 Å². The SMILES string of the molecule is CC(NC1(CN=C(N)Nc2cccc(Oc3ccccc3)c2)CCOCC1)c1ccccc1. The maximum atomic E-state index is 6.27. The molecule has 1 atom stereocenters. The van der Waals surface area contributed by atoms with Gasteiger partial charge >= 0.3 is 0 Å². The summed E-state index contributed by atoms with van der Waals surface area (Å²) < 4.78 is 11.5. The third-order valence-electron chi connectivity index (χ3n) is 5.91. The summed E-state index contributed by atoms with van der Waals surface area (Å²) in [6.45, 7) is 4.20. The number of hydrogen-bond donors (Lipinski definition) is 3. The fourth-order valence-corrected chi connectivity index (χ4v) is 4.08. The van der Waals surface area contributed by atoms with Crippen LogP contribution in [0.15, 0.2) is 89.9 Å². The van der Waals surface area contributed by atoms with E-state index >= 15 is 0 Å². The molecule has 1 aliphatic rings. The summed E-state index contributed by atoms with van der Waals surface area (Å²) in [5.41, 5.74) is 8.20. The summed E-state index contributed by atoms with van der Waals surface area (Å²) in [6, 6.07) is 28.1. The smallest absolute Gasteiger partial charge is 0.193 e. The van der Waals surface area contributed by atoms with Gasteiger partial charge in [-0.1, -0.05) is 54.6 Å². The lowest BCUT2D eigenvalue weighted by Gasteiger charge is -2.39. The third-order valence-corrected chi connectivity index (χ3v) is 5.91. The molecule has 0 amide bonds. The molecule has 1 aliphatic heterocycles. The van der Waals surface area contributed by atoms with Crippen LogP contribution in [0.1, 0.15) is 31.4 Å². The van der Waals surface area contributed by atoms with E-state index in [0.29, 0.717) is 12.5 Å². The van der Waals surface area contributed by atoms with Crippen molar-refractivity contribution in [3.05, 3.63) is 90.5 Å². The molecule has 3 aromatic rings. The Morgan fingerprint density at radius 3 is 2.36 bits per heavy atom. The van der Waals surface area contributed by atoms with Crippen LogP contribution in [0, 0.1) is 0 Å². The Hall–Kier alpha value is -3.35. The molecule has 1 saturated heterocycles. The molecule has 1 heterocycles. The summed E-state index contributed by atoms with van der Waals surface area (Å²) in [4.78, 5) is 4.70. The average molecular weight is 445 g/mol. The minimum Gasteiger partial charge on any atom is -0.457 e. The van der Waals surface area contributed by atoms with Crippen molar-refractivity contribution in [2.75, 3.05) is 25.1 Å². The molecule has 0 radical (unpaired) electrons. The van der Waals surface area contributed by atoms with E-state index in [1.807, 2.05) is 60.7 Å². The standard InChI is InChI=1S/C27H32N4O2/c1-21(22-9-4-2-5-10-22)31-27(15-17-32-18-16-27)20-29-26(28)30-23-11-8-14-25(19-23)33-24-12-6-3-7-13-24/h2-14,19,21,31H,15-18,20H2,1H3,(H3,28,29,30). The summed E-state index contributed by atoms with van der Waals surface area (Å²) in [5.74, 6) is 1.90. The average Bonchev–Trinajstić information content (AvgIpc) is 2.85. The van der Waals surface area contributed by atoms with Gasteiger partial charge in [0.2, 0.25) is 0 Å². The van der Waals surface area contributed by atoms with E-state index in [9.17, 15) is 0 Å². The van der Waals surface area contributed by atoms with Crippen molar-refractivity contribution in [1.29, 1.82) is 0 Å². The van der Waals surface area contributed by atoms with Gasteiger partial charge in [0.1, 0.15) is 11.5 Å². The molecule has 172 valence electrons. The van der Waals surface area contributed by atoms with Crippen LogP contribution in [0.2, 0.25) is 0 Å². The molecule has 4 N–H and O–H groups in total. The molecule has 4 rings (SSSR count). The van der Waals surface area contributed by atoms with Gasteiger partial charge in [-0.15, -0.1) is 0 Å². The highest BCUT2D eigenvalue weighted by molar-refractivity contribution is 5.92.